The van der Waals surface area contributed by atoms with Crippen molar-refractivity contribution >= 4 is 25.7 Å². The topological polar surface area (TPSA) is 216 Å². The molecule has 0 radical (unpaired) electrons. The monoisotopic (exact) mass is 459 g/mol. The van der Waals surface area contributed by atoms with Crippen molar-refractivity contribution in [2.45, 2.75) is 35.1 Å². The third-order valence-electron chi connectivity index (χ3n) is 4.80. The van der Waals surface area contributed by atoms with E-state index in [4.69, 9.17) is 16.6 Å². The molecular formula is C15H25N9O4S2. The minimum absolute atomic E-state index is 0.0246. The fourth-order valence-corrected chi connectivity index (χ4v) is 5.99. The number of sulfonamides is 2. The van der Waals surface area contributed by atoms with Crippen LogP contribution in [-0.2, 0) is 20.0 Å². The van der Waals surface area contributed by atoms with Crippen molar-refractivity contribution < 1.29 is 16.8 Å². The van der Waals surface area contributed by atoms with Gasteiger partial charge in [0.05, 0.1) is 5.56 Å². The molecule has 13 nitrogen and oxygen atoms in total. The van der Waals surface area contributed by atoms with E-state index in [0.29, 0.717) is 38.0 Å². The lowest BCUT2D eigenvalue weighted by Crippen LogP contribution is -2.40. The zero-order valence-corrected chi connectivity index (χ0v) is 17.8. The van der Waals surface area contributed by atoms with Crippen LogP contribution in [0.3, 0.4) is 0 Å². The van der Waals surface area contributed by atoms with Gasteiger partial charge >= 0.3 is 0 Å². The molecule has 0 spiro atoms. The molecule has 0 atom stereocenters. The summed E-state index contributed by atoms with van der Waals surface area (Å²) in [6.07, 6.45) is 1.77. The summed E-state index contributed by atoms with van der Waals surface area (Å²) in [7, 11) is -8.70. The zero-order valence-electron chi connectivity index (χ0n) is 16.2. The van der Waals surface area contributed by atoms with E-state index in [0.717, 1.165) is 0 Å². The van der Waals surface area contributed by atoms with Crippen molar-refractivity contribution in [3.8, 4) is 11.4 Å². The Morgan fingerprint density at radius 1 is 1.20 bits per heavy atom. The van der Waals surface area contributed by atoms with Gasteiger partial charge in [-0.2, -0.15) is 5.21 Å². The van der Waals surface area contributed by atoms with Crippen LogP contribution in [0.4, 0.5) is 5.69 Å². The number of aromatic amines is 1. The second kappa shape index (κ2) is 8.91. The van der Waals surface area contributed by atoms with Crippen molar-refractivity contribution in [2.75, 3.05) is 31.1 Å². The van der Waals surface area contributed by atoms with Gasteiger partial charge in [-0.05, 0) is 43.2 Å². The van der Waals surface area contributed by atoms with E-state index in [1.54, 1.807) is 0 Å². The van der Waals surface area contributed by atoms with E-state index < -0.39 is 29.8 Å². The maximum Gasteiger partial charge on any atom is 0.241 e. The zero-order chi connectivity index (χ0) is 21.9. The fraction of sp³-hybridized carbons (Fsp3) is 0.533. The molecule has 1 fully saturated rings. The summed E-state index contributed by atoms with van der Waals surface area (Å²) >= 11 is 0. The van der Waals surface area contributed by atoms with Gasteiger partial charge in [-0.3, -0.25) is 0 Å². The first kappa shape index (κ1) is 22.5. The van der Waals surface area contributed by atoms with Crippen molar-refractivity contribution in [1.29, 1.82) is 0 Å². The molecular weight excluding hydrogens is 434 g/mol. The second-order valence-corrected chi connectivity index (χ2v) is 10.2. The van der Waals surface area contributed by atoms with Crippen LogP contribution in [0.1, 0.15) is 19.3 Å². The fourth-order valence-electron chi connectivity index (χ4n) is 3.32. The Labute approximate surface area is 174 Å². The molecule has 1 saturated heterocycles. The molecule has 166 valence electrons. The molecule has 15 heteroatoms. The molecule has 3 rings (SSSR count). The number of primary sulfonamides is 1. The number of nitrogens with one attached hydrogen (secondary N) is 2. The molecule has 1 aliphatic heterocycles. The lowest BCUT2D eigenvalue weighted by molar-refractivity contribution is 0.501. The van der Waals surface area contributed by atoms with Crippen LogP contribution < -0.4 is 26.2 Å². The van der Waals surface area contributed by atoms with Gasteiger partial charge in [0.15, 0.2) is 0 Å². The molecule has 1 aromatic carbocycles. The number of anilines is 1. The lowest BCUT2D eigenvalue weighted by atomic mass is 10.0. The van der Waals surface area contributed by atoms with Gasteiger partial charge in [0.1, 0.15) is 9.79 Å². The largest absolute Gasteiger partial charge is 0.371 e. The quantitative estimate of drug-likeness (QED) is 0.275. The highest BCUT2D eigenvalue weighted by Gasteiger charge is 2.33. The Kier molecular flexibility index (Phi) is 6.68. The molecule has 0 aliphatic carbocycles. The number of rotatable bonds is 8. The second-order valence-electron chi connectivity index (χ2n) is 6.93. The Morgan fingerprint density at radius 2 is 1.90 bits per heavy atom. The smallest absolute Gasteiger partial charge is 0.241 e. The van der Waals surface area contributed by atoms with Crippen molar-refractivity contribution in [3.63, 3.8) is 0 Å². The average Bonchev–Trinajstić information content (AvgIpc) is 3.21. The van der Waals surface area contributed by atoms with Crippen molar-refractivity contribution in [3.05, 3.63) is 12.1 Å². The number of aromatic nitrogens is 4. The van der Waals surface area contributed by atoms with Gasteiger partial charge in [-0.1, -0.05) is 0 Å². The molecule has 8 N–H and O–H groups in total. The molecule has 2 aromatic rings. The standard InChI is InChI=1S/C15H25N9O4S2/c16-6-1-7-19-30(27,28)12-3-2-11(24-8-4-10(17)5-9-24)13(14(12)29(18,25)26)15-20-22-23-21-15/h2-3,10,19H,1,4-9,16-17H2,(H2,18,25,26)(H,20,21,22,23). The molecule has 1 aromatic heterocycles. The highest BCUT2D eigenvalue weighted by atomic mass is 32.2. The third-order valence-corrected chi connectivity index (χ3v) is 7.42. The van der Waals surface area contributed by atoms with E-state index in [1.807, 2.05) is 4.90 Å². The maximum atomic E-state index is 12.9. The van der Waals surface area contributed by atoms with Gasteiger partial charge in [0.25, 0.3) is 0 Å². The Morgan fingerprint density at radius 3 is 2.47 bits per heavy atom. The van der Waals surface area contributed by atoms with Gasteiger partial charge in [0, 0.05) is 31.4 Å². The Hall–Kier alpha value is -2.17. The van der Waals surface area contributed by atoms with E-state index in [1.165, 1.54) is 12.1 Å². The Balaban J connectivity index is 2.23. The summed E-state index contributed by atoms with van der Waals surface area (Å²) in [4.78, 5) is 0.831. The van der Waals surface area contributed by atoms with Crippen LogP contribution in [0.15, 0.2) is 21.9 Å². The molecule has 2 heterocycles. The van der Waals surface area contributed by atoms with Crippen LogP contribution in [-0.4, -0.2) is 69.7 Å². The van der Waals surface area contributed by atoms with Crippen LogP contribution in [0.25, 0.3) is 11.4 Å². The summed E-state index contributed by atoms with van der Waals surface area (Å²) < 4.78 is 53.2. The molecule has 30 heavy (non-hydrogen) atoms. The summed E-state index contributed by atoms with van der Waals surface area (Å²) in [6.45, 7) is 1.43. The number of H-pyrrole nitrogens is 1. The van der Waals surface area contributed by atoms with Crippen molar-refractivity contribution in [2.24, 2.45) is 16.6 Å². The third kappa shape index (κ3) is 4.76. The predicted molar refractivity (Wildman–Crippen MR) is 109 cm³/mol. The van der Waals surface area contributed by atoms with Gasteiger partial charge in [0.2, 0.25) is 25.9 Å². The van der Waals surface area contributed by atoms with Gasteiger partial charge in [-0.15, -0.1) is 10.2 Å². The molecule has 0 unspecified atom stereocenters. The first-order valence-electron chi connectivity index (χ1n) is 9.29. The number of piperidine rings is 1. The van der Waals surface area contributed by atoms with Crippen LogP contribution >= 0.6 is 0 Å². The Bertz CT molecular complexity index is 1080. The van der Waals surface area contributed by atoms with Gasteiger partial charge in [-0.25, -0.2) is 26.7 Å². The van der Waals surface area contributed by atoms with Crippen LogP contribution in [0.5, 0.6) is 0 Å². The number of hydrogen-bond acceptors (Lipinski definition) is 10. The molecule has 1 aliphatic rings. The molecule has 0 amide bonds. The number of nitrogens with zero attached hydrogens (tertiary/aromatic N) is 4. The summed E-state index contributed by atoms with van der Waals surface area (Å²) in [6, 6.07) is 2.78. The van der Waals surface area contributed by atoms with E-state index >= 15 is 0 Å². The van der Waals surface area contributed by atoms with E-state index in [2.05, 4.69) is 25.3 Å². The maximum absolute atomic E-state index is 12.9. The molecule has 0 bridgehead atoms. The van der Waals surface area contributed by atoms with Crippen LogP contribution in [0.2, 0.25) is 0 Å². The number of hydrogen-bond donors (Lipinski definition) is 5. The number of tetrazole rings is 1. The SMILES string of the molecule is NCCCNS(=O)(=O)c1ccc(N2CCC(N)CC2)c(-c2nn[nH]n2)c1S(N)(=O)=O. The lowest BCUT2D eigenvalue weighted by Gasteiger charge is -2.33. The summed E-state index contributed by atoms with van der Waals surface area (Å²) in [5, 5.41) is 19.0. The number of benzene rings is 1. The van der Waals surface area contributed by atoms with Crippen LogP contribution in [0, 0.1) is 0 Å². The highest BCUT2D eigenvalue weighted by molar-refractivity contribution is 7.92. The first-order chi connectivity index (χ1) is 14.1. The normalized spacial score (nSPS) is 16.2. The van der Waals surface area contributed by atoms with Gasteiger partial charge < -0.3 is 16.4 Å². The predicted octanol–water partition coefficient (Wildman–Crippen LogP) is -1.93. The summed E-state index contributed by atoms with van der Waals surface area (Å²) in [5.74, 6) is -0.0806. The van der Waals surface area contributed by atoms with E-state index in [9.17, 15) is 16.8 Å². The summed E-state index contributed by atoms with van der Waals surface area (Å²) in [5.41, 5.74) is 11.8. The number of nitrogens with two attached hydrogens (primary N) is 3. The highest BCUT2D eigenvalue weighted by Crippen LogP contribution is 2.39. The average molecular weight is 460 g/mol. The molecule has 0 saturated carbocycles. The minimum Gasteiger partial charge on any atom is -0.371 e. The minimum atomic E-state index is -4.49. The van der Waals surface area contributed by atoms with E-state index in [-0.39, 0.29) is 30.5 Å². The first-order valence-corrected chi connectivity index (χ1v) is 12.3. The van der Waals surface area contributed by atoms with Crippen molar-refractivity contribution in [1.82, 2.24) is 25.3 Å².